The minimum absolute atomic E-state index is 0.321. The fourth-order valence-corrected chi connectivity index (χ4v) is 1.39. The highest BCUT2D eigenvalue weighted by molar-refractivity contribution is 5.47. The molecular weight excluding hydrogens is 186 g/mol. The number of hydrogen-bond donors (Lipinski definition) is 1. The highest BCUT2D eigenvalue weighted by Crippen LogP contribution is 2.13. The summed E-state index contributed by atoms with van der Waals surface area (Å²) in [7, 11) is 0. The molecule has 1 rings (SSSR count). The number of aliphatic hydroxyl groups is 1. The average molecular weight is 203 g/mol. The van der Waals surface area contributed by atoms with Gasteiger partial charge in [-0.3, -0.25) is 0 Å². The van der Waals surface area contributed by atoms with Crippen molar-refractivity contribution in [2.24, 2.45) is 0 Å². The molecule has 0 heterocycles. The van der Waals surface area contributed by atoms with Crippen LogP contribution >= 0.6 is 0 Å². The maximum atomic E-state index is 9.61. The quantitative estimate of drug-likeness (QED) is 0.739. The van der Waals surface area contributed by atoms with E-state index in [4.69, 9.17) is 6.42 Å². The molecule has 15 heavy (non-hydrogen) atoms. The molecule has 1 atom stereocenters. The van der Waals surface area contributed by atoms with Gasteiger partial charge in [0.1, 0.15) is 0 Å². The zero-order chi connectivity index (χ0) is 11.1. The molecule has 80 valence electrons. The first-order chi connectivity index (χ1) is 7.27. The second-order valence-corrected chi connectivity index (χ2v) is 3.48. The normalized spacial score (nSPS) is 11.8. The van der Waals surface area contributed by atoms with Crippen LogP contribution in [0.2, 0.25) is 0 Å². The van der Waals surface area contributed by atoms with Gasteiger partial charge in [-0.15, -0.1) is 6.42 Å². The van der Waals surface area contributed by atoms with E-state index in [2.05, 4.69) is 5.92 Å². The Morgan fingerprint density at radius 3 is 2.60 bits per heavy atom. The topological polar surface area (TPSA) is 23.5 Å². The van der Waals surface area contributed by atoms with Crippen molar-refractivity contribution in [3.63, 3.8) is 0 Å². The molecule has 0 aliphatic rings. The molecule has 2 nitrogen and oxygen atoms in total. The lowest BCUT2D eigenvalue weighted by molar-refractivity contribution is 0.176. The van der Waals surface area contributed by atoms with Gasteiger partial charge in [0.2, 0.25) is 0 Å². The first-order valence-corrected chi connectivity index (χ1v) is 5.19. The molecule has 0 aromatic heterocycles. The number of rotatable bonds is 5. The van der Waals surface area contributed by atoms with Crippen LogP contribution in [0.4, 0.5) is 5.69 Å². The summed E-state index contributed by atoms with van der Waals surface area (Å²) in [4.78, 5) is 2.01. The van der Waals surface area contributed by atoms with Crippen molar-refractivity contribution in [3.05, 3.63) is 30.3 Å². The molecule has 0 aliphatic heterocycles. The lowest BCUT2D eigenvalue weighted by Crippen LogP contribution is -2.32. The number of terminal acetylenes is 1. The number of para-hydroxylation sites is 1. The Hall–Kier alpha value is -1.46. The number of aliphatic hydroxyl groups excluding tert-OH is 1. The highest BCUT2D eigenvalue weighted by Gasteiger charge is 2.09. The second kappa shape index (κ2) is 6.10. The van der Waals surface area contributed by atoms with Crippen molar-refractivity contribution in [2.75, 3.05) is 18.0 Å². The summed E-state index contributed by atoms with van der Waals surface area (Å²) >= 11 is 0. The monoisotopic (exact) mass is 203 g/mol. The molecule has 1 N–H and O–H groups in total. The number of hydrogen-bond acceptors (Lipinski definition) is 2. The van der Waals surface area contributed by atoms with Crippen LogP contribution in [0.15, 0.2) is 30.3 Å². The maximum Gasteiger partial charge on any atom is 0.0792 e. The molecule has 0 fully saturated rings. The van der Waals surface area contributed by atoms with Gasteiger partial charge in [0.15, 0.2) is 0 Å². The fourth-order valence-electron chi connectivity index (χ4n) is 1.39. The first kappa shape index (κ1) is 11.6. The van der Waals surface area contributed by atoms with Crippen LogP contribution in [0.5, 0.6) is 0 Å². The zero-order valence-electron chi connectivity index (χ0n) is 9.06. The van der Waals surface area contributed by atoms with Crippen molar-refractivity contribution in [1.29, 1.82) is 0 Å². The molecule has 1 aromatic rings. The number of nitrogens with zero attached hydrogens (tertiary/aromatic N) is 1. The standard InChI is InChI=1S/C13H17NO/c1-3-10-14(11-13(15)4-2)12-8-6-5-7-9-12/h1,5-9,13,15H,4,10-11H2,2H3. The van der Waals surface area contributed by atoms with Gasteiger partial charge in [0, 0.05) is 12.2 Å². The van der Waals surface area contributed by atoms with Crippen molar-refractivity contribution >= 4 is 5.69 Å². The minimum atomic E-state index is -0.321. The molecule has 0 spiro atoms. The molecule has 1 unspecified atom stereocenters. The van der Waals surface area contributed by atoms with Crippen LogP contribution in [0.3, 0.4) is 0 Å². The van der Waals surface area contributed by atoms with Gasteiger partial charge < -0.3 is 10.0 Å². The third-order valence-electron chi connectivity index (χ3n) is 2.31. The molecule has 0 saturated heterocycles. The summed E-state index contributed by atoms with van der Waals surface area (Å²) in [5, 5.41) is 9.61. The second-order valence-electron chi connectivity index (χ2n) is 3.48. The van der Waals surface area contributed by atoms with Gasteiger partial charge in [-0.1, -0.05) is 31.0 Å². The summed E-state index contributed by atoms with van der Waals surface area (Å²) in [5.74, 6) is 2.61. The van der Waals surface area contributed by atoms with Crippen LogP contribution < -0.4 is 4.90 Å². The predicted molar refractivity (Wildman–Crippen MR) is 63.8 cm³/mol. The Labute approximate surface area is 91.5 Å². The largest absolute Gasteiger partial charge is 0.391 e. The Morgan fingerprint density at radius 2 is 2.07 bits per heavy atom. The van der Waals surface area contributed by atoms with E-state index in [0.717, 1.165) is 12.1 Å². The highest BCUT2D eigenvalue weighted by atomic mass is 16.3. The first-order valence-electron chi connectivity index (χ1n) is 5.19. The molecule has 1 aromatic carbocycles. The van der Waals surface area contributed by atoms with E-state index >= 15 is 0 Å². The van der Waals surface area contributed by atoms with Gasteiger partial charge >= 0.3 is 0 Å². The predicted octanol–water partition coefficient (Wildman–Crippen LogP) is 1.90. The third kappa shape index (κ3) is 3.65. The molecule has 0 amide bonds. The van der Waals surface area contributed by atoms with Crippen molar-refractivity contribution in [1.82, 2.24) is 0 Å². The van der Waals surface area contributed by atoms with Crippen LogP contribution in [0.1, 0.15) is 13.3 Å². The molecule has 2 heteroatoms. The Balaban J connectivity index is 2.71. The van der Waals surface area contributed by atoms with E-state index < -0.39 is 0 Å². The Morgan fingerprint density at radius 1 is 1.40 bits per heavy atom. The van der Waals surface area contributed by atoms with Gasteiger partial charge in [-0.05, 0) is 18.6 Å². The van der Waals surface area contributed by atoms with Gasteiger partial charge in [-0.25, -0.2) is 0 Å². The molecular formula is C13H17NO. The maximum absolute atomic E-state index is 9.61. The Bertz CT molecular complexity index is 315. The molecule has 0 radical (unpaired) electrons. The summed E-state index contributed by atoms with van der Waals surface area (Å²) in [6.07, 6.45) is 5.73. The van der Waals surface area contributed by atoms with Gasteiger partial charge in [0.25, 0.3) is 0 Å². The van der Waals surface area contributed by atoms with E-state index in [0.29, 0.717) is 13.1 Å². The lowest BCUT2D eigenvalue weighted by Gasteiger charge is -2.24. The van der Waals surface area contributed by atoms with Crippen LogP contribution in [-0.4, -0.2) is 24.3 Å². The summed E-state index contributed by atoms with van der Waals surface area (Å²) in [6, 6.07) is 9.90. The fraction of sp³-hybridized carbons (Fsp3) is 0.385. The van der Waals surface area contributed by atoms with Crippen molar-refractivity contribution in [2.45, 2.75) is 19.4 Å². The van der Waals surface area contributed by atoms with Gasteiger partial charge in [0.05, 0.1) is 12.6 Å². The smallest absolute Gasteiger partial charge is 0.0792 e. The van der Waals surface area contributed by atoms with Crippen LogP contribution in [-0.2, 0) is 0 Å². The molecule has 0 bridgehead atoms. The summed E-state index contributed by atoms with van der Waals surface area (Å²) in [5.41, 5.74) is 1.06. The number of benzene rings is 1. The Kier molecular flexibility index (Phi) is 4.73. The van der Waals surface area contributed by atoms with E-state index in [1.807, 2.05) is 42.2 Å². The van der Waals surface area contributed by atoms with Crippen molar-refractivity contribution in [3.8, 4) is 12.3 Å². The van der Waals surface area contributed by atoms with E-state index in [1.165, 1.54) is 0 Å². The average Bonchev–Trinajstić information content (AvgIpc) is 2.29. The molecule has 0 saturated carbocycles. The number of anilines is 1. The summed E-state index contributed by atoms with van der Waals surface area (Å²) in [6.45, 7) is 3.08. The van der Waals surface area contributed by atoms with Crippen LogP contribution in [0.25, 0.3) is 0 Å². The van der Waals surface area contributed by atoms with Gasteiger partial charge in [-0.2, -0.15) is 0 Å². The zero-order valence-corrected chi connectivity index (χ0v) is 9.06. The molecule has 0 aliphatic carbocycles. The lowest BCUT2D eigenvalue weighted by atomic mass is 10.2. The van der Waals surface area contributed by atoms with Crippen molar-refractivity contribution < 1.29 is 5.11 Å². The minimum Gasteiger partial charge on any atom is -0.391 e. The van der Waals surface area contributed by atoms with Crippen LogP contribution in [0, 0.1) is 12.3 Å². The van der Waals surface area contributed by atoms with E-state index in [1.54, 1.807) is 0 Å². The van der Waals surface area contributed by atoms with E-state index in [-0.39, 0.29) is 6.10 Å². The summed E-state index contributed by atoms with van der Waals surface area (Å²) < 4.78 is 0. The van der Waals surface area contributed by atoms with E-state index in [9.17, 15) is 5.11 Å². The third-order valence-corrected chi connectivity index (χ3v) is 2.31. The SMILES string of the molecule is C#CCN(CC(O)CC)c1ccccc1.